The maximum Gasteiger partial charge on any atom is 0.353 e. The van der Waals surface area contributed by atoms with Gasteiger partial charge in [-0.3, -0.25) is 9.89 Å². The third-order valence-electron chi connectivity index (χ3n) is 2.84. The molecule has 0 bridgehead atoms. The number of hydrogen-bond acceptors (Lipinski definition) is 4. The van der Waals surface area contributed by atoms with Gasteiger partial charge in [0.15, 0.2) is 5.65 Å². The Morgan fingerprint density at radius 3 is 2.95 bits per heavy atom. The monoisotopic (exact) mass is 259 g/mol. The molecule has 0 atom stereocenters. The molecule has 7 heteroatoms. The molecule has 2 N–H and O–H groups in total. The molecule has 0 unspecified atom stereocenters. The second-order valence-electron chi connectivity index (χ2n) is 3.94. The minimum atomic E-state index is -1.15. The smallest absolute Gasteiger partial charge is 0.353 e. The number of nitrogens with one attached hydrogen (secondary N) is 1. The van der Waals surface area contributed by atoms with E-state index in [4.69, 9.17) is 9.84 Å². The number of benzene rings is 1. The number of methoxy groups -OCH3 is 1. The quantitative estimate of drug-likeness (QED) is 0.712. The molecule has 3 aromatic rings. The third-order valence-corrected chi connectivity index (χ3v) is 2.84. The fourth-order valence-corrected chi connectivity index (χ4v) is 1.98. The van der Waals surface area contributed by atoms with Crippen molar-refractivity contribution in [3.63, 3.8) is 0 Å². The van der Waals surface area contributed by atoms with Crippen molar-refractivity contribution in [1.82, 2.24) is 14.6 Å². The summed E-state index contributed by atoms with van der Waals surface area (Å²) in [5.74, 6) is -0.753. The number of aromatic carboxylic acids is 1. The summed E-state index contributed by atoms with van der Waals surface area (Å²) in [6.07, 6.45) is 0. The zero-order chi connectivity index (χ0) is 13.6. The van der Waals surface area contributed by atoms with Crippen LogP contribution in [-0.4, -0.2) is 32.8 Å². The van der Waals surface area contributed by atoms with E-state index in [1.807, 2.05) is 0 Å². The number of H-pyrrole nitrogens is 1. The van der Waals surface area contributed by atoms with Crippen molar-refractivity contribution >= 4 is 22.5 Å². The van der Waals surface area contributed by atoms with Crippen molar-refractivity contribution in [1.29, 1.82) is 0 Å². The lowest BCUT2D eigenvalue weighted by Gasteiger charge is -2.04. The molecule has 0 aliphatic heterocycles. The largest absolute Gasteiger partial charge is 0.496 e. The van der Waals surface area contributed by atoms with Crippen LogP contribution in [0.2, 0.25) is 0 Å². The number of rotatable bonds is 2. The second-order valence-corrected chi connectivity index (χ2v) is 3.94. The van der Waals surface area contributed by atoms with E-state index >= 15 is 0 Å². The van der Waals surface area contributed by atoms with Crippen LogP contribution in [-0.2, 0) is 0 Å². The van der Waals surface area contributed by atoms with Crippen LogP contribution in [0.1, 0.15) is 10.5 Å². The van der Waals surface area contributed by atoms with Crippen LogP contribution in [0.4, 0.5) is 0 Å². The summed E-state index contributed by atoms with van der Waals surface area (Å²) in [5, 5.41) is 11.7. The van der Waals surface area contributed by atoms with Crippen LogP contribution in [0.5, 0.6) is 5.75 Å². The number of aromatic nitrogens is 3. The highest BCUT2D eigenvalue weighted by Gasteiger charge is 2.14. The number of fused-ring (bicyclic) bond motifs is 2. The standard InChI is InChI=1S/C12H9N3O4/c1-19-8-4-2-3-6-10(8)11(16)15-9(13-6)5-7(14-15)12(17)18/h2-5,14H,1H3,(H,17,18). The number of carboxylic acid groups (broad SMARTS) is 1. The lowest BCUT2D eigenvalue weighted by Crippen LogP contribution is -2.16. The van der Waals surface area contributed by atoms with Gasteiger partial charge in [-0.2, -0.15) is 0 Å². The zero-order valence-corrected chi connectivity index (χ0v) is 9.88. The van der Waals surface area contributed by atoms with E-state index in [1.165, 1.54) is 13.2 Å². The maximum atomic E-state index is 12.3. The number of aromatic amines is 1. The van der Waals surface area contributed by atoms with E-state index in [9.17, 15) is 9.59 Å². The van der Waals surface area contributed by atoms with Crippen LogP contribution in [0, 0.1) is 0 Å². The molecule has 2 heterocycles. The lowest BCUT2D eigenvalue weighted by molar-refractivity contribution is 0.0690. The molecule has 7 nitrogen and oxygen atoms in total. The summed E-state index contributed by atoms with van der Waals surface area (Å²) < 4.78 is 6.22. The Morgan fingerprint density at radius 2 is 2.26 bits per heavy atom. The van der Waals surface area contributed by atoms with Gasteiger partial charge in [-0.05, 0) is 12.1 Å². The summed E-state index contributed by atoms with van der Waals surface area (Å²) in [5.41, 5.74) is 0.215. The number of hydrogen-bond donors (Lipinski definition) is 2. The molecule has 0 fully saturated rings. The average molecular weight is 259 g/mol. The Balaban J connectivity index is 2.50. The SMILES string of the molecule is COc1cccc2nc3cc(C(=O)O)[nH]n3c(=O)c12. The van der Waals surface area contributed by atoms with E-state index in [1.54, 1.807) is 18.2 Å². The molecule has 0 radical (unpaired) electrons. The van der Waals surface area contributed by atoms with Crippen LogP contribution >= 0.6 is 0 Å². The van der Waals surface area contributed by atoms with Crippen molar-refractivity contribution in [2.24, 2.45) is 0 Å². The van der Waals surface area contributed by atoms with E-state index in [-0.39, 0.29) is 11.3 Å². The molecule has 0 saturated carbocycles. The Morgan fingerprint density at radius 1 is 1.47 bits per heavy atom. The summed E-state index contributed by atoms with van der Waals surface area (Å²) in [7, 11) is 1.46. The fraction of sp³-hybridized carbons (Fsp3) is 0.0833. The Bertz CT molecular complexity index is 862. The first-order chi connectivity index (χ1) is 9.11. The summed E-state index contributed by atoms with van der Waals surface area (Å²) in [4.78, 5) is 27.5. The highest BCUT2D eigenvalue weighted by atomic mass is 16.5. The Hall–Kier alpha value is -2.83. The van der Waals surface area contributed by atoms with Crippen molar-refractivity contribution < 1.29 is 14.6 Å². The van der Waals surface area contributed by atoms with Crippen molar-refractivity contribution in [3.8, 4) is 5.75 Å². The van der Waals surface area contributed by atoms with Gasteiger partial charge in [0.05, 0.1) is 12.6 Å². The van der Waals surface area contributed by atoms with Crippen molar-refractivity contribution in [3.05, 3.63) is 40.3 Å². The van der Waals surface area contributed by atoms with Gasteiger partial charge in [0.2, 0.25) is 0 Å². The minimum Gasteiger partial charge on any atom is -0.496 e. The average Bonchev–Trinajstić information content (AvgIpc) is 2.82. The van der Waals surface area contributed by atoms with Gasteiger partial charge in [0.1, 0.15) is 16.8 Å². The molecular formula is C12H9N3O4. The fourth-order valence-electron chi connectivity index (χ4n) is 1.98. The lowest BCUT2D eigenvalue weighted by atomic mass is 10.2. The molecule has 19 heavy (non-hydrogen) atoms. The molecule has 0 spiro atoms. The van der Waals surface area contributed by atoms with Crippen LogP contribution in [0.25, 0.3) is 16.6 Å². The molecule has 0 aliphatic carbocycles. The third kappa shape index (κ3) is 1.55. The van der Waals surface area contributed by atoms with E-state index in [2.05, 4.69) is 10.1 Å². The molecule has 0 saturated heterocycles. The number of carboxylic acids is 1. The number of carbonyl (C=O) groups is 1. The van der Waals surface area contributed by atoms with Gasteiger partial charge in [0.25, 0.3) is 5.56 Å². The molecule has 96 valence electrons. The van der Waals surface area contributed by atoms with Crippen LogP contribution in [0.3, 0.4) is 0 Å². The van der Waals surface area contributed by atoms with E-state index < -0.39 is 11.5 Å². The highest BCUT2D eigenvalue weighted by Crippen LogP contribution is 2.21. The van der Waals surface area contributed by atoms with Gasteiger partial charge < -0.3 is 9.84 Å². The Labute approximate surface area is 106 Å². The van der Waals surface area contributed by atoms with Crippen molar-refractivity contribution in [2.45, 2.75) is 0 Å². The van der Waals surface area contributed by atoms with E-state index in [0.29, 0.717) is 16.7 Å². The van der Waals surface area contributed by atoms with Gasteiger partial charge in [0, 0.05) is 6.07 Å². The zero-order valence-electron chi connectivity index (χ0n) is 9.88. The normalized spacial score (nSPS) is 11.0. The van der Waals surface area contributed by atoms with Gasteiger partial charge >= 0.3 is 5.97 Å². The van der Waals surface area contributed by atoms with Gasteiger partial charge in [-0.15, -0.1) is 0 Å². The first-order valence-electron chi connectivity index (χ1n) is 5.43. The summed E-state index contributed by atoms with van der Waals surface area (Å²) in [6.45, 7) is 0. The molecule has 0 aliphatic rings. The molecule has 1 aromatic carbocycles. The number of nitrogens with zero attached hydrogens (tertiary/aromatic N) is 2. The first-order valence-corrected chi connectivity index (χ1v) is 5.43. The van der Waals surface area contributed by atoms with Crippen LogP contribution in [0.15, 0.2) is 29.1 Å². The van der Waals surface area contributed by atoms with Gasteiger partial charge in [-0.25, -0.2) is 14.3 Å². The van der Waals surface area contributed by atoms with Gasteiger partial charge in [-0.1, -0.05) is 6.07 Å². The predicted molar refractivity (Wildman–Crippen MR) is 66.8 cm³/mol. The number of ether oxygens (including phenoxy) is 1. The van der Waals surface area contributed by atoms with Crippen molar-refractivity contribution in [2.75, 3.05) is 7.11 Å². The summed E-state index contributed by atoms with van der Waals surface area (Å²) >= 11 is 0. The summed E-state index contributed by atoms with van der Waals surface area (Å²) in [6, 6.07) is 6.35. The maximum absolute atomic E-state index is 12.3. The molecular weight excluding hydrogens is 250 g/mol. The Kier molecular flexibility index (Phi) is 2.28. The minimum absolute atomic E-state index is 0.0983. The topological polar surface area (TPSA) is 96.7 Å². The molecule has 2 aromatic heterocycles. The highest BCUT2D eigenvalue weighted by molar-refractivity contribution is 5.89. The van der Waals surface area contributed by atoms with E-state index in [0.717, 1.165) is 4.52 Å². The van der Waals surface area contributed by atoms with Crippen LogP contribution < -0.4 is 10.3 Å². The first kappa shape index (κ1) is 11.3. The molecule has 3 rings (SSSR count). The molecule has 0 amide bonds. The predicted octanol–water partition coefficient (Wildman–Crippen LogP) is 0.883. The second kappa shape index (κ2) is 3.84.